The van der Waals surface area contributed by atoms with Gasteiger partial charge >= 0.3 is 0 Å². The molecule has 1 fully saturated rings. The third-order valence-corrected chi connectivity index (χ3v) is 7.41. The number of rotatable bonds is 6. The lowest BCUT2D eigenvalue weighted by Gasteiger charge is -2.28. The number of nitrogens with zero attached hydrogens (tertiary/aromatic N) is 2. The molecular formula is C26H24N2O5S. The lowest BCUT2D eigenvalue weighted by Crippen LogP contribution is -2.37. The Hall–Kier alpha value is -3.49. The molecule has 2 aliphatic rings. The number of hydrogen-bond acceptors (Lipinski definition) is 7. The van der Waals surface area contributed by atoms with Gasteiger partial charge in [0, 0.05) is 18.7 Å². The van der Waals surface area contributed by atoms with Crippen LogP contribution in [0.25, 0.3) is 10.6 Å². The van der Waals surface area contributed by atoms with Gasteiger partial charge in [-0.25, -0.2) is 4.98 Å². The average Bonchev–Trinajstić information content (AvgIpc) is 3.56. The molecule has 0 radical (unpaired) electrons. The van der Waals surface area contributed by atoms with E-state index < -0.39 is 23.5 Å². The molecule has 0 bridgehead atoms. The molecule has 1 aromatic heterocycles. The van der Waals surface area contributed by atoms with E-state index in [2.05, 4.69) is 4.98 Å². The summed E-state index contributed by atoms with van der Waals surface area (Å²) in [6, 6.07) is 15.1. The minimum Gasteiger partial charge on any atom is -0.508 e. The van der Waals surface area contributed by atoms with Gasteiger partial charge in [-0.3, -0.25) is 9.59 Å². The largest absolute Gasteiger partial charge is 0.508 e. The van der Waals surface area contributed by atoms with Gasteiger partial charge in [0.15, 0.2) is 5.76 Å². The Morgan fingerprint density at radius 3 is 2.56 bits per heavy atom. The highest BCUT2D eigenvalue weighted by Crippen LogP contribution is 2.41. The normalized spacial score (nSPS) is 20.4. The topological polar surface area (TPSA) is 100.0 Å². The van der Waals surface area contributed by atoms with E-state index in [1.165, 1.54) is 28.4 Å². The number of aliphatic hydroxyl groups is 1. The number of aryl methyl sites for hydroxylation is 1. The highest BCUT2D eigenvalue weighted by Gasteiger charge is 2.45. The number of Topliss-reactive ketones (excluding diaryl/α,β-unsaturated/α-hetero) is 1. The number of aliphatic hydroxyl groups excluding tert-OH is 1. The van der Waals surface area contributed by atoms with E-state index in [-0.39, 0.29) is 24.0 Å². The number of phenols is 1. The second-order valence-electron chi connectivity index (χ2n) is 8.48. The van der Waals surface area contributed by atoms with Crippen molar-refractivity contribution in [3.8, 4) is 16.3 Å². The molecule has 7 nitrogen and oxygen atoms in total. The standard InChI is InChI=1S/C26H24N2O5S/c1-15-24(34-25(27-15)17-6-3-2-4-7-17)22(30)20-21(16-9-11-18(29)12-10-16)28(26(32)23(20)31)14-19-8-5-13-33-19/h2-4,6-7,9-12,19,21,29,31H,5,8,13-14H2,1H3. The Kier molecular flexibility index (Phi) is 5.93. The minimum atomic E-state index is -0.786. The smallest absolute Gasteiger partial charge is 0.290 e. The summed E-state index contributed by atoms with van der Waals surface area (Å²) in [7, 11) is 0. The van der Waals surface area contributed by atoms with Crippen LogP contribution in [0.4, 0.5) is 0 Å². The lowest BCUT2D eigenvalue weighted by molar-refractivity contribution is -0.131. The third-order valence-electron chi connectivity index (χ3n) is 6.21. The number of thiazole rings is 1. The van der Waals surface area contributed by atoms with Gasteiger partial charge in [-0.2, -0.15) is 0 Å². The number of ketones is 1. The van der Waals surface area contributed by atoms with E-state index in [1.807, 2.05) is 30.3 Å². The molecule has 0 aliphatic carbocycles. The van der Waals surface area contributed by atoms with Crippen molar-refractivity contribution in [2.45, 2.75) is 31.9 Å². The quantitative estimate of drug-likeness (QED) is 0.505. The monoisotopic (exact) mass is 476 g/mol. The number of amides is 1. The number of ether oxygens (including phenoxy) is 1. The zero-order valence-corrected chi connectivity index (χ0v) is 19.4. The number of carbonyl (C=O) groups excluding carboxylic acids is 2. The highest BCUT2D eigenvalue weighted by molar-refractivity contribution is 7.17. The zero-order chi connectivity index (χ0) is 23.8. The molecule has 3 heterocycles. The van der Waals surface area contributed by atoms with E-state index in [9.17, 15) is 19.8 Å². The fourth-order valence-electron chi connectivity index (χ4n) is 4.52. The Balaban J connectivity index is 1.55. The lowest BCUT2D eigenvalue weighted by atomic mass is 9.94. The number of benzene rings is 2. The summed E-state index contributed by atoms with van der Waals surface area (Å²) in [4.78, 5) is 33.4. The van der Waals surface area contributed by atoms with Crippen LogP contribution in [0, 0.1) is 6.92 Å². The van der Waals surface area contributed by atoms with Gasteiger partial charge in [-0.15, -0.1) is 11.3 Å². The van der Waals surface area contributed by atoms with Crippen molar-refractivity contribution in [2.75, 3.05) is 13.2 Å². The van der Waals surface area contributed by atoms with Crippen LogP contribution in [0.5, 0.6) is 5.75 Å². The van der Waals surface area contributed by atoms with Gasteiger partial charge in [-0.1, -0.05) is 42.5 Å². The van der Waals surface area contributed by atoms with E-state index in [1.54, 1.807) is 19.1 Å². The summed E-state index contributed by atoms with van der Waals surface area (Å²) in [5.41, 5.74) is 2.09. The Bertz CT molecular complexity index is 1260. The van der Waals surface area contributed by atoms with Crippen molar-refractivity contribution in [2.24, 2.45) is 0 Å². The number of phenolic OH excluding ortho intramolecular Hbond substituents is 1. The van der Waals surface area contributed by atoms with Gasteiger partial charge in [-0.05, 0) is 37.5 Å². The summed E-state index contributed by atoms with van der Waals surface area (Å²) >= 11 is 1.24. The molecule has 3 aromatic rings. The first-order valence-corrected chi connectivity index (χ1v) is 12.0. The summed E-state index contributed by atoms with van der Waals surface area (Å²) < 4.78 is 5.73. The van der Waals surface area contributed by atoms with Crippen LogP contribution in [0.1, 0.15) is 39.8 Å². The highest BCUT2D eigenvalue weighted by atomic mass is 32.1. The maximum Gasteiger partial charge on any atom is 0.290 e. The summed E-state index contributed by atoms with van der Waals surface area (Å²) in [5.74, 6) is -1.49. The van der Waals surface area contributed by atoms with Gasteiger partial charge in [0.25, 0.3) is 5.91 Å². The Labute approximate surface area is 201 Å². The minimum absolute atomic E-state index is 0.0278. The van der Waals surface area contributed by atoms with Gasteiger partial charge in [0.1, 0.15) is 10.8 Å². The fourth-order valence-corrected chi connectivity index (χ4v) is 5.54. The van der Waals surface area contributed by atoms with Gasteiger partial charge in [0.2, 0.25) is 5.78 Å². The van der Waals surface area contributed by atoms with E-state index in [0.717, 1.165) is 18.4 Å². The molecule has 8 heteroatoms. The molecule has 34 heavy (non-hydrogen) atoms. The molecule has 0 saturated carbocycles. The molecule has 2 aliphatic heterocycles. The molecule has 5 rings (SSSR count). The van der Waals surface area contributed by atoms with Crippen molar-refractivity contribution < 1.29 is 24.5 Å². The van der Waals surface area contributed by atoms with Crippen LogP contribution in [0.15, 0.2) is 65.9 Å². The summed E-state index contributed by atoms with van der Waals surface area (Å²) in [6.07, 6.45) is 1.56. The zero-order valence-electron chi connectivity index (χ0n) is 18.6. The molecule has 2 aromatic carbocycles. The number of carbonyl (C=O) groups is 2. The molecule has 0 spiro atoms. The van der Waals surface area contributed by atoms with Crippen LogP contribution in [0.3, 0.4) is 0 Å². The number of hydrogen-bond donors (Lipinski definition) is 2. The van der Waals surface area contributed by atoms with E-state index in [4.69, 9.17) is 4.74 Å². The summed E-state index contributed by atoms with van der Waals surface area (Å²) in [6.45, 7) is 2.65. The first-order valence-electron chi connectivity index (χ1n) is 11.2. The van der Waals surface area contributed by atoms with Crippen molar-refractivity contribution in [1.82, 2.24) is 9.88 Å². The maximum absolute atomic E-state index is 13.8. The Morgan fingerprint density at radius 2 is 1.88 bits per heavy atom. The summed E-state index contributed by atoms with van der Waals surface area (Å²) in [5, 5.41) is 21.4. The van der Waals surface area contributed by atoms with Crippen LogP contribution < -0.4 is 0 Å². The van der Waals surface area contributed by atoms with E-state index in [0.29, 0.717) is 27.7 Å². The SMILES string of the molecule is Cc1nc(-c2ccccc2)sc1C(=O)C1=C(O)C(=O)N(CC2CCCO2)C1c1ccc(O)cc1. The van der Waals surface area contributed by atoms with Crippen molar-refractivity contribution in [3.63, 3.8) is 0 Å². The first kappa shape index (κ1) is 22.3. The fraction of sp³-hybridized carbons (Fsp3) is 0.269. The molecule has 2 N–H and O–H groups in total. The molecule has 1 amide bonds. The molecule has 2 atom stereocenters. The van der Waals surface area contributed by atoms with Crippen molar-refractivity contribution in [1.29, 1.82) is 0 Å². The van der Waals surface area contributed by atoms with Crippen LogP contribution in [0.2, 0.25) is 0 Å². The van der Waals surface area contributed by atoms with Crippen LogP contribution in [-0.4, -0.2) is 51.0 Å². The van der Waals surface area contributed by atoms with Crippen molar-refractivity contribution >= 4 is 23.0 Å². The number of aromatic hydroxyl groups is 1. The molecular weight excluding hydrogens is 452 g/mol. The molecule has 174 valence electrons. The van der Waals surface area contributed by atoms with Crippen LogP contribution in [-0.2, 0) is 9.53 Å². The Morgan fingerprint density at radius 1 is 1.15 bits per heavy atom. The van der Waals surface area contributed by atoms with Crippen molar-refractivity contribution in [3.05, 3.63) is 82.1 Å². The predicted molar refractivity (Wildman–Crippen MR) is 128 cm³/mol. The van der Waals surface area contributed by atoms with Gasteiger partial charge in [0.05, 0.1) is 28.3 Å². The molecule has 1 saturated heterocycles. The predicted octanol–water partition coefficient (Wildman–Crippen LogP) is 4.58. The third kappa shape index (κ3) is 3.99. The second kappa shape index (κ2) is 9.04. The van der Waals surface area contributed by atoms with Crippen LogP contribution >= 0.6 is 11.3 Å². The first-order chi connectivity index (χ1) is 16.4. The van der Waals surface area contributed by atoms with E-state index >= 15 is 0 Å². The average molecular weight is 477 g/mol. The molecule has 2 unspecified atom stereocenters. The van der Waals surface area contributed by atoms with Gasteiger partial charge < -0.3 is 19.8 Å². The number of aromatic nitrogens is 1. The second-order valence-corrected chi connectivity index (χ2v) is 9.48. The maximum atomic E-state index is 13.8.